The van der Waals surface area contributed by atoms with E-state index in [1.807, 2.05) is 24.3 Å². The summed E-state index contributed by atoms with van der Waals surface area (Å²) in [7, 11) is 0. The molecule has 2 heterocycles. The molecular formula is C17H14N4O2S. The van der Waals surface area contributed by atoms with E-state index in [0.29, 0.717) is 22.1 Å². The molecule has 2 aromatic heterocycles. The van der Waals surface area contributed by atoms with Crippen molar-refractivity contribution in [3.05, 3.63) is 64.9 Å². The average molecular weight is 338 g/mol. The van der Waals surface area contributed by atoms with Crippen LogP contribution in [0.2, 0.25) is 0 Å². The fraction of sp³-hybridized carbons (Fsp3) is 0.176. The normalized spacial score (nSPS) is 19.0. The third kappa shape index (κ3) is 2.68. The van der Waals surface area contributed by atoms with Crippen molar-refractivity contribution >= 4 is 17.2 Å². The molecule has 3 aromatic rings. The molecule has 0 bridgehead atoms. The monoisotopic (exact) mass is 338 g/mol. The fourth-order valence-electron chi connectivity index (χ4n) is 2.85. The molecule has 0 spiro atoms. The van der Waals surface area contributed by atoms with Crippen LogP contribution in [0.25, 0.3) is 10.8 Å². The standard InChI is InChI=1S/C17H14N4O2S/c22-12-8-10-4-1-2-5-11(10)14(12)21-16(23)13-9-20-17(24-13)15-18-6-3-7-19-15/h1-7,9,12,14,22H,8H2,(H,21,23). The van der Waals surface area contributed by atoms with Crippen LogP contribution in [0.5, 0.6) is 0 Å². The summed E-state index contributed by atoms with van der Waals surface area (Å²) >= 11 is 1.23. The lowest BCUT2D eigenvalue weighted by atomic mass is 10.1. The quantitative estimate of drug-likeness (QED) is 0.762. The summed E-state index contributed by atoms with van der Waals surface area (Å²) in [5.41, 5.74) is 2.03. The van der Waals surface area contributed by atoms with Gasteiger partial charge in [0.05, 0.1) is 18.3 Å². The van der Waals surface area contributed by atoms with E-state index >= 15 is 0 Å². The Morgan fingerprint density at radius 2 is 1.96 bits per heavy atom. The molecule has 0 saturated carbocycles. The van der Waals surface area contributed by atoms with E-state index in [0.717, 1.165) is 11.1 Å². The number of nitrogens with zero attached hydrogens (tertiary/aromatic N) is 3. The summed E-state index contributed by atoms with van der Waals surface area (Å²) in [5, 5.41) is 13.7. The zero-order chi connectivity index (χ0) is 16.5. The van der Waals surface area contributed by atoms with Crippen molar-refractivity contribution in [1.29, 1.82) is 0 Å². The number of thiazole rings is 1. The molecule has 1 aromatic carbocycles. The van der Waals surface area contributed by atoms with Gasteiger partial charge in [-0.25, -0.2) is 15.0 Å². The number of hydrogen-bond acceptors (Lipinski definition) is 6. The minimum atomic E-state index is -0.615. The number of aliphatic hydroxyl groups is 1. The zero-order valence-electron chi connectivity index (χ0n) is 12.6. The second kappa shape index (κ2) is 6.10. The molecule has 120 valence electrons. The average Bonchev–Trinajstić information content (AvgIpc) is 3.21. The van der Waals surface area contributed by atoms with Gasteiger partial charge in [-0.3, -0.25) is 4.79 Å². The molecule has 0 radical (unpaired) electrons. The van der Waals surface area contributed by atoms with Gasteiger partial charge >= 0.3 is 0 Å². The van der Waals surface area contributed by atoms with Crippen molar-refractivity contribution in [2.24, 2.45) is 0 Å². The number of carbonyl (C=O) groups is 1. The van der Waals surface area contributed by atoms with Gasteiger partial charge in [0, 0.05) is 18.8 Å². The number of aliphatic hydroxyl groups excluding tert-OH is 1. The molecule has 0 saturated heterocycles. The first-order valence-corrected chi connectivity index (χ1v) is 8.34. The van der Waals surface area contributed by atoms with Crippen molar-refractivity contribution in [3.8, 4) is 10.8 Å². The molecule has 1 aliphatic carbocycles. The van der Waals surface area contributed by atoms with Gasteiger partial charge in [-0.15, -0.1) is 11.3 Å². The number of carbonyl (C=O) groups excluding carboxylic acids is 1. The minimum Gasteiger partial charge on any atom is -0.390 e. The maximum Gasteiger partial charge on any atom is 0.263 e. The van der Waals surface area contributed by atoms with Crippen molar-refractivity contribution < 1.29 is 9.90 Å². The van der Waals surface area contributed by atoms with Gasteiger partial charge in [0.15, 0.2) is 10.8 Å². The highest BCUT2D eigenvalue weighted by molar-refractivity contribution is 7.16. The summed E-state index contributed by atoms with van der Waals surface area (Å²) < 4.78 is 0. The highest BCUT2D eigenvalue weighted by Gasteiger charge is 2.32. The summed E-state index contributed by atoms with van der Waals surface area (Å²) in [6, 6.07) is 9.09. The summed E-state index contributed by atoms with van der Waals surface area (Å²) in [6.07, 6.45) is 4.72. The van der Waals surface area contributed by atoms with E-state index < -0.39 is 12.1 Å². The Morgan fingerprint density at radius 1 is 1.17 bits per heavy atom. The number of rotatable bonds is 3. The highest BCUT2D eigenvalue weighted by atomic mass is 32.1. The van der Waals surface area contributed by atoms with Gasteiger partial charge in [0.2, 0.25) is 0 Å². The molecule has 7 heteroatoms. The van der Waals surface area contributed by atoms with Crippen LogP contribution < -0.4 is 5.32 Å². The summed E-state index contributed by atoms with van der Waals surface area (Å²) in [4.78, 5) is 25.5. The van der Waals surface area contributed by atoms with E-state index in [2.05, 4.69) is 20.3 Å². The van der Waals surface area contributed by atoms with Crippen LogP contribution in [0.4, 0.5) is 0 Å². The van der Waals surface area contributed by atoms with Gasteiger partial charge in [-0.1, -0.05) is 24.3 Å². The predicted molar refractivity (Wildman–Crippen MR) is 89.5 cm³/mol. The zero-order valence-corrected chi connectivity index (χ0v) is 13.4. The maximum absolute atomic E-state index is 12.5. The second-order valence-corrected chi connectivity index (χ2v) is 6.55. The van der Waals surface area contributed by atoms with E-state index in [1.165, 1.54) is 17.5 Å². The van der Waals surface area contributed by atoms with Crippen LogP contribution in [-0.2, 0) is 6.42 Å². The summed E-state index contributed by atoms with van der Waals surface area (Å²) in [6.45, 7) is 0. The molecule has 4 rings (SSSR count). The lowest BCUT2D eigenvalue weighted by Gasteiger charge is -2.17. The Morgan fingerprint density at radius 3 is 2.79 bits per heavy atom. The van der Waals surface area contributed by atoms with E-state index in [9.17, 15) is 9.90 Å². The Kier molecular flexibility index (Phi) is 3.79. The first-order valence-electron chi connectivity index (χ1n) is 7.52. The molecule has 0 aliphatic heterocycles. The topological polar surface area (TPSA) is 88.0 Å². The maximum atomic E-state index is 12.5. The van der Waals surface area contributed by atoms with Crippen molar-refractivity contribution in [3.63, 3.8) is 0 Å². The largest absolute Gasteiger partial charge is 0.390 e. The van der Waals surface area contributed by atoms with Gasteiger partial charge in [0.25, 0.3) is 5.91 Å². The third-order valence-electron chi connectivity index (χ3n) is 3.98. The van der Waals surface area contributed by atoms with Crippen molar-refractivity contribution in [1.82, 2.24) is 20.3 Å². The van der Waals surface area contributed by atoms with Gasteiger partial charge in [-0.2, -0.15) is 0 Å². The highest BCUT2D eigenvalue weighted by Crippen LogP contribution is 2.32. The minimum absolute atomic E-state index is 0.254. The van der Waals surface area contributed by atoms with Crippen LogP contribution in [-0.4, -0.2) is 32.1 Å². The molecule has 1 aliphatic rings. The number of hydrogen-bond donors (Lipinski definition) is 2. The van der Waals surface area contributed by atoms with E-state index in [4.69, 9.17) is 0 Å². The van der Waals surface area contributed by atoms with E-state index in [-0.39, 0.29) is 5.91 Å². The molecular weight excluding hydrogens is 324 g/mol. The smallest absolute Gasteiger partial charge is 0.263 e. The van der Waals surface area contributed by atoms with Crippen LogP contribution in [0.15, 0.2) is 48.9 Å². The predicted octanol–water partition coefficient (Wildman–Crippen LogP) is 1.99. The van der Waals surface area contributed by atoms with Crippen molar-refractivity contribution in [2.75, 3.05) is 0 Å². The van der Waals surface area contributed by atoms with Crippen LogP contribution in [0.1, 0.15) is 26.8 Å². The number of benzene rings is 1. The molecule has 6 nitrogen and oxygen atoms in total. The molecule has 2 N–H and O–H groups in total. The van der Waals surface area contributed by atoms with Gasteiger partial charge < -0.3 is 10.4 Å². The second-order valence-electron chi connectivity index (χ2n) is 5.52. The number of nitrogens with one attached hydrogen (secondary N) is 1. The van der Waals surface area contributed by atoms with Crippen LogP contribution >= 0.6 is 11.3 Å². The Labute approximate surface area is 142 Å². The molecule has 24 heavy (non-hydrogen) atoms. The number of aromatic nitrogens is 3. The third-order valence-corrected chi connectivity index (χ3v) is 4.97. The van der Waals surface area contributed by atoms with E-state index in [1.54, 1.807) is 18.5 Å². The van der Waals surface area contributed by atoms with Gasteiger partial charge in [-0.05, 0) is 17.2 Å². The lowest BCUT2D eigenvalue weighted by molar-refractivity contribution is 0.0862. The molecule has 2 unspecified atom stereocenters. The SMILES string of the molecule is O=C(NC1c2ccccc2CC1O)c1cnc(-c2ncccn2)s1. The van der Waals surface area contributed by atoms with Crippen molar-refractivity contribution in [2.45, 2.75) is 18.6 Å². The summed E-state index contributed by atoms with van der Waals surface area (Å²) in [5.74, 6) is 0.239. The Bertz CT molecular complexity index is 881. The van der Waals surface area contributed by atoms with Gasteiger partial charge in [0.1, 0.15) is 4.88 Å². The molecule has 2 atom stereocenters. The van der Waals surface area contributed by atoms with Crippen LogP contribution in [0, 0.1) is 0 Å². The lowest BCUT2D eigenvalue weighted by Crippen LogP contribution is -2.33. The molecule has 1 amide bonds. The fourth-order valence-corrected chi connectivity index (χ4v) is 3.62. The first-order chi connectivity index (χ1) is 11.7. The first kappa shape index (κ1) is 14.9. The van der Waals surface area contributed by atoms with Crippen LogP contribution in [0.3, 0.4) is 0 Å². The number of fused-ring (bicyclic) bond motifs is 1. The molecule has 0 fully saturated rings. The number of amides is 1. The Balaban J connectivity index is 1.54. The Hall–Kier alpha value is -2.64.